The molecule has 0 unspecified atom stereocenters. The smallest absolute Gasteiger partial charge is 0.271 e. The minimum absolute atomic E-state index is 0.200. The van der Waals surface area contributed by atoms with Crippen LogP contribution in [0.3, 0.4) is 0 Å². The van der Waals surface area contributed by atoms with E-state index in [2.05, 4.69) is 24.4 Å². The van der Waals surface area contributed by atoms with Gasteiger partial charge in [-0.3, -0.25) is 4.79 Å². The first-order valence-corrected chi connectivity index (χ1v) is 6.29. The zero-order chi connectivity index (χ0) is 13.8. The summed E-state index contributed by atoms with van der Waals surface area (Å²) in [6.45, 7) is 6.32. The highest BCUT2D eigenvalue weighted by atomic mass is 16.7. The average molecular weight is 262 g/mol. The second-order valence-corrected chi connectivity index (χ2v) is 4.95. The Balaban J connectivity index is 2.00. The van der Waals surface area contributed by atoms with Gasteiger partial charge in [-0.15, -0.1) is 0 Å². The zero-order valence-corrected chi connectivity index (χ0v) is 11.4. The number of carbonyl (C=O) groups excluding carboxylic acids is 1. The van der Waals surface area contributed by atoms with Crippen molar-refractivity contribution in [1.82, 2.24) is 5.43 Å². The monoisotopic (exact) mass is 262 g/mol. The van der Waals surface area contributed by atoms with Crippen molar-refractivity contribution in [1.29, 1.82) is 0 Å². The fourth-order valence-electron chi connectivity index (χ4n) is 1.88. The van der Waals surface area contributed by atoms with Gasteiger partial charge in [0.15, 0.2) is 11.5 Å². The van der Waals surface area contributed by atoms with Crippen LogP contribution in [0.4, 0.5) is 0 Å². The summed E-state index contributed by atoms with van der Waals surface area (Å²) in [5, 5.41) is 4.08. The van der Waals surface area contributed by atoms with Gasteiger partial charge in [-0.05, 0) is 37.5 Å². The largest absolute Gasteiger partial charge is 0.454 e. The van der Waals surface area contributed by atoms with Gasteiger partial charge in [-0.25, -0.2) is 5.43 Å². The number of benzene rings is 1. The van der Waals surface area contributed by atoms with Crippen molar-refractivity contribution in [3.05, 3.63) is 23.8 Å². The van der Waals surface area contributed by atoms with Crippen LogP contribution < -0.4 is 14.9 Å². The predicted molar refractivity (Wildman–Crippen MR) is 72.6 cm³/mol. The van der Waals surface area contributed by atoms with Crippen LogP contribution in [0.25, 0.3) is 0 Å². The molecule has 0 aromatic heterocycles. The molecule has 0 fully saturated rings. The maximum Gasteiger partial charge on any atom is 0.271 e. The van der Waals surface area contributed by atoms with Crippen molar-refractivity contribution < 1.29 is 14.3 Å². The number of nitrogens with zero attached hydrogens (tertiary/aromatic N) is 1. The van der Waals surface area contributed by atoms with Crippen LogP contribution in [0.2, 0.25) is 0 Å². The van der Waals surface area contributed by atoms with E-state index in [0.29, 0.717) is 23.0 Å². The summed E-state index contributed by atoms with van der Waals surface area (Å²) in [6, 6.07) is 5.07. The first-order valence-electron chi connectivity index (χ1n) is 6.29. The topological polar surface area (TPSA) is 59.9 Å². The van der Waals surface area contributed by atoms with E-state index in [-0.39, 0.29) is 12.7 Å². The van der Waals surface area contributed by atoms with Crippen molar-refractivity contribution in [2.45, 2.75) is 27.2 Å². The van der Waals surface area contributed by atoms with Gasteiger partial charge in [0.05, 0.1) is 0 Å². The van der Waals surface area contributed by atoms with Gasteiger partial charge in [-0.2, -0.15) is 5.10 Å². The highest BCUT2D eigenvalue weighted by Crippen LogP contribution is 2.32. The molecule has 0 saturated heterocycles. The lowest BCUT2D eigenvalue weighted by Crippen LogP contribution is -2.19. The van der Waals surface area contributed by atoms with E-state index < -0.39 is 0 Å². The number of rotatable bonds is 4. The van der Waals surface area contributed by atoms with Crippen molar-refractivity contribution in [3.63, 3.8) is 0 Å². The lowest BCUT2D eigenvalue weighted by atomic mass is 10.1. The molecule has 19 heavy (non-hydrogen) atoms. The highest BCUT2D eigenvalue weighted by molar-refractivity contribution is 5.95. The second-order valence-electron chi connectivity index (χ2n) is 4.95. The molecule has 2 rings (SSSR count). The molecular weight excluding hydrogens is 244 g/mol. The number of hydrazone groups is 1. The van der Waals surface area contributed by atoms with Crippen LogP contribution in [-0.4, -0.2) is 18.4 Å². The fourth-order valence-corrected chi connectivity index (χ4v) is 1.88. The van der Waals surface area contributed by atoms with Crippen molar-refractivity contribution in [2.24, 2.45) is 11.0 Å². The number of hydrogen-bond acceptors (Lipinski definition) is 4. The Morgan fingerprint density at radius 2 is 2.11 bits per heavy atom. The van der Waals surface area contributed by atoms with Crippen molar-refractivity contribution in [3.8, 4) is 11.5 Å². The molecule has 1 heterocycles. The Hall–Kier alpha value is -2.04. The molecule has 1 N–H and O–H groups in total. The van der Waals surface area contributed by atoms with E-state index in [0.717, 1.165) is 12.1 Å². The molecule has 0 aliphatic carbocycles. The van der Waals surface area contributed by atoms with Gasteiger partial charge in [0.1, 0.15) is 0 Å². The van der Waals surface area contributed by atoms with Crippen LogP contribution >= 0.6 is 0 Å². The maximum atomic E-state index is 11.9. The Kier molecular flexibility index (Phi) is 4.04. The van der Waals surface area contributed by atoms with E-state index >= 15 is 0 Å². The van der Waals surface area contributed by atoms with E-state index in [4.69, 9.17) is 9.47 Å². The molecule has 1 aromatic rings. The van der Waals surface area contributed by atoms with Crippen molar-refractivity contribution >= 4 is 11.6 Å². The third-order valence-electron chi connectivity index (χ3n) is 2.69. The standard InChI is InChI=1S/C14H18N2O3/c1-9(2)6-10(3)15-16-14(17)11-4-5-12-13(7-11)19-8-18-12/h4-5,7,9H,6,8H2,1-3H3,(H,16,17). The zero-order valence-electron chi connectivity index (χ0n) is 11.4. The molecule has 0 bridgehead atoms. The molecular formula is C14H18N2O3. The summed E-state index contributed by atoms with van der Waals surface area (Å²) in [5.74, 6) is 1.53. The van der Waals surface area contributed by atoms with Gasteiger partial charge < -0.3 is 9.47 Å². The summed E-state index contributed by atoms with van der Waals surface area (Å²) in [4.78, 5) is 11.9. The number of amides is 1. The summed E-state index contributed by atoms with van der Waals surface area (Å²) in [5.41, 5.74) is 3.96. The number of fused-ring (bicyclic) bond motifs is 1. The molecule has 0 radical (unpaired) electrons. The molecule has 1 aliphatic rings. The number of ether oxygens (including phenoxy) is 2. The predicted octanol–water partition coefficient (Wildman–Crippen LogP) is 2.57. The molecule has 5 heteroatoms. The number of nitrogens with one attached hydrogen (secondary N) is 1. The minimum Gasteiger partial charge on any atom is -0.454 e. The second kappa shape index (κ2) is 5.73. The molecule has 1 aromatic carbocycles. The van der Waals surface area contributed by atoms with Crippen molar-refractivity contribution in [2.75, 3.05) is 6.79 Å². The molecule has 102 valence electrons. The van der Waals surface area contributed by atoms with Crippen LogP contribution in [0.15, 0.2) is 23.3 Å². The molecule has 1 amide bonds. The molecule has 5 nitrogen and oxygen atoms in total. The van der Waals surface area contributed by atoms with Crippen LogP contribution in [0.5, 0.6) is 11.5 Å². The van der Waals surface area contributed by atoms with E-state index in [1.54, 1.807) is 18.2 Å². The van der Waals surface area contributed by atoms with E-state index in [9.17, 15) is 4.79 Å². The van der Waals surface area contributed by atoms with Crippen LogP contribution in [0, 0.1) is 5.92 Å². The van der Waals surface area contributed by atoms with E-state index in [1.165, 1.54) is 0 Å². The minimum atomic E-state index is -0.249. The van der Waals surface area contributed by atoms with Gasteiger partial charge in [0, 0.05) is 11.3 Å². The van der Waals surface area contributed by atoms with Crippen LogP contribution in [-0.2, 0) is 0 Å². The van der Waals surface area contributed by atoms with Crippen LogP contribution in [0.1, 0.15) is 37.6 Å². The Labute approximate surface area is 112 Å². The summed E-state index contributed by atoms with van der Waals surface area (Å²) in [7, 11) is 0. The first-order chi connectivity index (χ1) is 9.06. The van der Waals surface area contributed by atoms with Gasteiger partial charge >= 0.3 is 0 Å². The third kappa shape index (κ3) is 3.47. The lowest BCUT2D eigenvalue weighted by molar-refractivity contribution is 0.0954. The quantitative estimate of drug-likeness (QED) is 0.670. The molecule has 0 atom stereocenters. The average Bonchev–Trinajstić information content (AvgIpc) is 2.82. The van der Waals surface area contributed by atoms with Gasteiger partial charge in [-0.1, -0.05) is 13.8 Å². The molecule has 1 aliphatic heterocycles. The normalized spacial score (nSPS) is 13.8. The fraction of sp³-hybridized carbons (Fsp3) is 0.429. The van der Waals surface area contributed by atoms with E-state index in [1.807, 2.05) is 6.92 Å². The Morgan fingerprint density at radius 1 is 1.37 bits per heavy atom. The molecule has 0 saturated carbocycles. The Morgan fingerprint density at radius 3 is 2.84 bits per heavy atom. The Bertz CT molecular complexity index is 509. The SMILES string of the molecule is CC(CC(C)C)=NNC(=O)c1ccc2c(c1)OCO2. The first kappa shape index (κ1) is 13.4. The summed E-state index contributed by atoms with van der Waals surface area (Å²) < 4.78 is 10.4. The summed E-state index contributed by atoms with van der Waals surface area (Å²) in [6.07, 6.45) is 0.863. The molecule has 0 spiro atoms. The number of carbonyl (C=O) groups is 1. The summed E-state index contributed by atoms with van der Waals surface area (Å²) >= 11 is 0. The maximum absolute atomic E-state index is 11.9. The lowest BCUT2D eigenvalue weighted by Gasteiger charge is -2.05. The number of hydrogen-bond donors (Lipinski definition) is 1. The van der Waals surface area contributed by atoms with Gasteiger partial charge in [0.25, 0.3) is 5.91 Å². The highest BCUT2D eigenvalue weighted by Gasteiger charge is 2.15. The third-order valence-corrected chi connectivity index (χ3v) is 2.69. The van der Waals surface area contributed by atoms with Gasteiger partial charge in [0.2, 0.25) is 6.79 Å².